The summed E-state index contributed by atoms with van der Waals surface area (Å²) in [4.78, 5) is 8.89. The van der Waals surface area contributed by atoms with Crippen LogP contribution in [-0.2, 0) is 4.74 Å². The van der Waals surface area contributed by atoms with Crippen molar-refractivity contribution in [2.45, 2.75) is 40.0 Å². The minimum Gasteiger partial charge on any atom is -0.474 e. The molecule has 0 radical (unpaired) electrons. The van der Waals surface area contributed by atoms with Crippen LogP contribution in [0.2, 0.25) is 0 Å². The van der Waals surface area contributed by atoms with Gasteiger partial charge in [-0.3, -0.25) is 0 Å². The fourth-order valence-electron chi connectivity index (χ4n) is 1.67. The lowest BCUT2D eigenvalue weighted by molar-refractivity contribution is 0.144. The third-order valence-electron chi connectivity index (χ3n) is 2.98. The quantitative estimate of drug-likeness (QED) is 0.682. The summed E-state index contributed by atoms with van der Waals surface area (Å²) in [7, 11) is 1.63. The molecule has 3 N–H and O–H groups in total. The van der Waals surface area contributed by atoms with E-state index in [1.165, 1.54) is 0 Å². The van der Waals surface area contributed by atoms with Crippen molar-refractivity contribution in [1.29, 1.82) is 0 Å². The van der Waals surface area contributed by atoms with Crippen LogP contribution in [0.3, 0.4) is 0 Å². The number of nitrogens with two attached hydrogens (primary N) is 1. The molecular formula is C15H28N4O2. The van der Waals surface area contributed by atoms with Gasteiger partial charge in [0, 0.05) is 19.6 Å². The Morgan fingerprint density at radius 3 is 2.43 bits per heavy atom. The third-order valence-corrected chi connectivity index (χ3v) is 2.98. The molecule has 0 aliphatic carbocycles. The molecule has 0 amide bonds. The Morgan fingerprint density at radius 1 is 1.14 bits per heavy atom. The summed E-state index contributed by atoms with van der Waals surface area (Å²) in [5.74, 6) is 2.65. The Labute approximate surface area is 127 Å². The molecule has 1 heterocycles. The van der Waals surface area contributed by atoms with Gasteiger partial charge in [0.1, 0.15) is 18.1 Å². The molecule has 120 valence electrons. The van der Waals surface area contributed by atoms with Gasteiger partial charge in [0.25, 0.3) is 0 Å². The van der Waals surface area contributed by atoms with Gasteiger partial charge in [0.15, 0.2) is 5.82 Å². The second-order valence-electron chi connectivity index (χ2n) is 5.75. The molecule has 6 heteroatoms. The first kappa shape index (κ1) is 17.5. The van der Waals surface area contributed by atoms with Gasteiger partial charge in [-0.15, -0.1) is 0 Å². The van der Waals surface area contributed by atoms with E-state index in [-0.39, 0.29) is 5.92 Å². The Balaban J connectivity index is 2.88. The van der Waals surface area contributed by atoms with Crippen molar-refractivity contribution in [3.63, 3.8) is 0 Å². The monoisotopic (exact) mass is 296 g/mol. The highest BCUT2D eigenvalue weighted by atomic mass is 16.5. The number of ether oxygens (including phenoxy) is 2. The Morgan fingerprint density at radius 2 is 1.86 bits per heavy atom. The first-order valence-corrected chi connectivity index (χ1v) is 7.48. The molecule has 0 fully saturated rings. The molecule has 21 heavy (non-hydrogen) atoms. The SMILES string of the molecule is COCCOc1nc(C(C)C)nc(NCCC(C)C)c1N. The molecule has 1 aromatic rings. The molecule has 0 saturated carbocycles. The van der Waals surface area contributed by atoms with Crippen LogP contribution >= 0.6 is 0 Å². The number of aromatic nitrogens is 2. The van der Waals surface area contributed by atoms with Gasteiger partial charge >= 0.3 is 0 Å². The van der Waals surface area contributed by atoms with Gasteiger partial charge in [-0.1, -0.05) is 27.7 Å². The number of nitrogens with one attached hydrogen (secondary N) is 1. The van der Waals surface area contributed by atoms with E-state index >= 15 is 0 Å². The van der Waals surface area contributed by atoms with Crippen LogP contribution in [0.15, 0.2) is 0 Å². The average molecular weight is 296 g/mol. The number of hydrogen-bond acceptors (Lipinski definition) is 6. The highest BCUT2D eigenvalue weighted by Gasteiger charge is 2.15. The second-order valence-corrected chi connectivity index (χ2v) is 5.75. The van der Waals surface area contributed by atoms with Crippen LogP contribution in [0.1, 0.15) is 45.9 Å². The number of hydrogen-bond donors (Lipinski definition) is 2. The normalized spacial score (nSPS) is 11.2. The molecule has 0 atom stereocenters. The molecule has 0 saturated heterocycles. The van der Waals surface area contributed by atoms with Gasteiger partial charge < -0.3 is 20.5 Å². The zero-order chi connectivity index (χ0) is 15.8. The van der Waals surface area contributed by atoms with Crippen molar-refractivity contribution in [3.8, 4) is 5.88 Å². The fraction of sp³-hybridized carbons (Fsp3) is 0.733. The van der Waals surface area contributed by atoms with Gasteiger partial charge in [-0.25, -0.2) is 4.98 Å². The first-order valence-electron chi connectivity index (χ1n) is 7.48. The lowest BCUT2D eigenvalue weighted by Gasteiger charge is -2.15. The van der Waals surface area contributed by atoms with Crippen molar-refractivity contribution in [1.82, 2.24) is 9.97 Å². The van der Waals surface area contributed by atoms with Crippen LogP contribution in [0.4, 0.5) is 11.5 Å². The highest BCUT2D eigenvalue weighted by molar-refractivity contribution is 5.67. The second kappa shape index (κ2) is 8.67. The summed E-state index contributed by atoms with van der Waals surface area (Å²) in [5, 5.41) is 3.28. The predicted octanol–water partition coefficient (Wildman–Crippen LogP) is 2.67. The molecule has 0 bridgehead atoms. The highest BCUT2D eigenvalue weighted by Crippen LogP contribution is 2.28. The van der Waals surface area contributed by atoms with Crippen molar-refractivity contribution >= 4 is 11.5 Å². The standard InChI is InChI=1S/C15H28N4O2/c1-10(2)6-7-17-14-12(16)15(21-9-8-20-5)19-13(18-14)11(3)4/h10-11H,6-9,16H2,1-5H3,(H,17,18,19). The van der Waals surface area contributed by atoms with Crippen LogP contribution in [0, 0.1) is 5.92 Å². The Bertz CT molecular complexity index is 436. The van der Waals surface area contributed by atoms with Crippen molar-refractivity contribution in [2.75, 3.05) is 37.9 Å². The first-order chi connectivity index (χ1) is 9.95. The molecule has 0 unspecified atom stereocenters. The number of nitrogen functional groups attached to an aromatic ring is 1. The Hall–Kier alpha value is -1.56. The van der Waals surface area contributed by atoms with Crippen LogP contribution in [0.25, 0.3) is 0 Å². The molecular weight excluding hydrogens is 268 g/mol. The lowest BCUT2D eigenvalue weighted by Crippen LogP contribution is -2.14. The van der Waals surface area contributed by atoms with Crippen molar-refractivity contribution < 1.29 is 9.47 Å². The minimum absolute atomic E-state index is 0.209. The van der Waals surface area contributed by atoms with E-state index < -0.39 is 0 Å². The third kappa shape index (κ3) is 5.75. The van der Waals surface area contributed by atoms with Crippen molar-refractivity contribution in [2.24, 2.45) is 5.92 Å². The minimum atomic E-state index is 0.209. The maximum absolute atomic E-state index is 6.10. The zero-order valence-electron chi connectivity index (χ0n) is 13.8. The van der Waals surface area contributed by atoms with Gasteiger partial charge in [0.2, 0.25) is 5.88 Å². The zero-order valence-corrected chi connectivity index (χ0v) is 13.8. The maximum atomic E-state index is 6.10. The summed E-state index contributed by atoms with van der Waals surface area (Å²) in [5.41, 5.74) is 6.56. The summed E-state index contributed by atoms with van der Waals surface area (Å²) in [6.45, 7) is 10.2. The molecule has 0 spiro atoms. The smallest absolute Gasteiger partial charge is 0.242 e. The molecule has 1 rings (SSSR count). The largest absolute Gasteiger partial charge is 0.474 e. The summed E-state index contributed by atoms with van der Waals surface area (Å²) in [6.07, 6.45) is 1.06. The molecule has 1 aromatic heterocycles. The fourth-order valence-corrected chi connectivity index (χ4v) is 1.67. The summed E-state index contributed by atoms with van der Waals surface area (Å²) in [6, 6.07) is 0. The number of methoxy groups -OCH3 is 1. The number of rotatable bonds is 9. The van der Waals surface area contributed by atoms with Crippen LogP contribution in [0.5, 0.6) is 5.88 Å². The number of anilines is 2. The average Bonchev–Trinajstić information content (AvgIpc) is 2.41. The summed E-state index contributed by atoms with van der Waals surface area (Å²) < 4.78 is 10.6. The van der Waals surface area contributed by atoms with Gasteiger partial charge in [0.05, 0.1) is 6.61 Å². The van der Waals surface area contributed by atoms with Gasteiger partial charge in [-0.05, 0) is 12.3 Å². The molecule has 0 aliphatic heterocycles. The summed E-state index contributed by atoms with van der Waals surface area (Å²) >= 11 is 0. The lowest BCUT2D eigenvalue weighted by atomic mass is 10.1. The van der Waals surface area contributed by atoms with Crippen molar-refractivity contribution in [3.05, 3.63) is 5.82 Å². The van der Waals surface area contributed by atoms with E-state index in [0.29, 0.717) is 36.5 Å². The van der Waals surface area contributed by atoms with E-state index in [9.17, 15) is 0 Å². The van der Waals surface area contributed by atoms with Gasteiger partial charge in [-0.2, -0.15) is 4.98 Å². The van der Waals surface area contributed by atoms with E-state index in [1.807, 2.05) is 13.8 Å². The van der Waals surface area contributed by atoms with E-state index in [1.54, 1.807) is 7.11 Å². The van der Waals surface area contributed by atoms with Crippen LogP contribution in [-0.4, -0.2) is 36.8 Å². The topological polar surface area (TPSA) is 82.3 Å². The van der Waals surface area contributed by atoms with E-state index in [4.69, 9.17) is 15.2 Å². The molecule has 6 nitrogen and oxygen atoms in total. The predicted molar refractivity (Wildman–Crippen MR) is 85.8 cm³/mol. The Kier molecular flexibility index (Phi) is 7.22. The van der Waals surface area contributed by atoms with E-state index in [2.05, 4.69) is 29.1 Å². The van der Waals surface area contributed by atoms with Crippen LogP contribution < -0.4 is 15.8 Å². The number of nitrogens with zero attached hydrogens (tertiary/aromatic N) is 2. The molecule has 0 aliphatic rings. The maximum Gasteiger partial charge on any atom is 0.242 e. The van der Waals surface area contributed by atoms with E-state index in [0.717, 1.165) is 18.8 Å². The molecule has 0 aromatic carbocycles.